The van der Waals surface area contributed by atoms with Gasteiger partial charge in [0, 0.05) is 6.54 Å². The largest absolute Gasteiger partial charge is 0.495 e. The first kappa shape index (κ1) is 16.9. The number of anilines is 1. The highest BCUT2D eigenvalue weighted by Crippen LogP contribution is 2.24. The van der Waals surface area contributed by atoms with Crippen molar-refractivity contribution >= 4 is 11.6 Å². The maximum absolute atomic E-state index is 6.01. The Morgan fingerprint density at radius 3 is 2.43 bits per heavy atom. The number of aliphatic imine (C=N–C) groups is 1. The number of rotatable bonds is 6. The van der Waals surface area contributed by atoms with Crippen molar-refractivity contribution in [3.8, 4) is 5.75 Å². The smallest absolute Gasteiger partial charge is 0.193 e. The minimum absolute atomic E-state index is 0.0361. The molecule has 0 aliphatic rings. The van der Waals surface area contributed by atoms with E-state index in [0.717, 1.165) is 17.9 Å². The van der Waals surface area contributed by atoms with Gasteiger partial charge in [0.05, 0.1) is 12.8 Å². The van der Waals surface area contributed by atoms with Gasteiger partial charge in [0.1, 0.15) is 5.75 Å². The van der Waals surface area contributed by atoms with Crippen molar-refractivity contribution in [1.29, 1.82) is 0 Å². The van der Waals surface area contributed by atoms with Gasteiger partial charge < -0.3 is 15.8 Å². The van der Waals surface area contributed by atoms with E-state index in [2.05, 4.69) is 48.4 Å². The van der Waals surface area contributed by atoms with Crippen LogP contribution >= 0.6 is 0 Å². The molecule has 0 radical (unpaired) electrons. The summed E-state index contributed by atoms with van der Waals surface area (Å²) in [4.78, 5) is 4.49. The van der Waals surface area contributed by atoms with Crippen LogP contribution in [0.1, 0.15) is 19.4 Å². The van der Waals surface area contributed by atoms with Crippen molar-refractivity contribution in [2.75, 3.05) is 19.0 Å². The lowest BCUT2D eigenvalue weighted by Gasteiger charge is -2.22. The van der Waals surface area contributed by atoms with Crippen LogP contribution in [0.2, 0.25) is 0 Å². The van der Waals surface area contributed by atoms with E-state index >= 15 is 0 Å². The van der Waals surface area contributed by atoms with Gasteiger partial charge in [0.25, 0.3) is 0 Å². The maximum Gasteiger partial charge on any atom is 0.193 e. The first-order valence-electron chi connectivity index (χ1n) is 7.74. The Kier molecular flexibility index (Phi) is 5.63. The SMILES string of the molecule is COc1ccccc1NC(N)=NCC(C)(C)Cc1ccccc1. The Hall–Kier alpha value is -2.49. The molecule has 4 nitrogen and oxygen atoms in total. The molecule has 0 heterocycles. The fourth-order valence-corrected chi connectivity index (χ4v) is 2.43. The van der Waals surface area contributed by atoms with Gasteiger partial charge in [-0.05, 0) is 29.5 Å². The second-order valence-corrected chi connectivity index (χ2v) is 6.35. The lowest BCUT2D eigenvalue weighted by Crippen LogP contribution is -2.27. The highest BCUT2D eigenvalue weighted by atomic mass is 16.5. The maximum atomic E-state index is 6.01. The molecule has 122 valence electrons. The van der Waals surface area contributed by atoms with Gasteiger partial charge in [-0.25, -0.2) is 0 Å². The van der Waals surface area contributed by atoms with Gasteiger partial charge in [-0.15, -0.1) is 0 Å². The number of hydrogen-bond donors (Lipinski definition) is 2. The number of nitrogens with two attached hydrogens (primary N) is 1. The number of benzene rings is 2. The molecular weight excluding hydrogens is 286 g/mol. The average molecular weight is 311 g/mol. The Morgan fingerprint density at radius 1 is 1.09 bits per heavy atom. The summed E-state index contributed by atoms with van der Waals surface area (Å²) in [5.74, 6) is 1.14. The molecule has 23 heavy (non-hydrogen) atoms. The van der Waals surface area contributed by atoms with Crippen LogP contribution in [0.15, 0.2) is 59.6 Å². The Balaban J connectivity index is 1.98. The molecule has 0 bridgehead atoms. The number of hydrogen-bond acceptors (Lipinski definition) is 2. The van der Waals surface area contributed by atoms with Crippen molar-refractivity contribution in [1.82, 2.24) is 0 Å². The zero-order valence-corrected chi connectivity index (χ0v) is 14.0. The highest BCUT2D eigenvalue weighted by molar-refractivity contribution is 5.93. The molecule has 0 amide bonds. The molecule has 0 saturated carbocycles. The summed E-state index contributed by atoms with van der Waals surface area (Å²) in [5.41, 5.74) is 8.18. The van der Waals surface area contributed by atoms with Gasteiger partial charge in [-0.2, -0.15) is 0 Å². The van der Waals surface area contributed by atoms with Crippen molar-refractivity contribution in [3.05, 3.63) is 60.2 Å². The topological polar surface area (TPSA) is 59.6 Å². The summed E-state index contributed by atoms with van der Waals surface area (Å²) in [7, 11) is 1.64. The molecule has 0 atom stereocenters. The standard InChI is InChI=1S/C19H25N3O/c1-19(2,13-15-9-5-4-6-10-15)14-21-18(20)22-16-11-7-8-12-17(16)23-3/h4-12H,13-14H2,1-3H3,(H3,20,21,22). The summed E-state index contributed by atoms with van der Waals surface area (Å²) in [6.45, 7) is 5.04. The summed E-state index contributed by atoms with van der Waals surface area (Å²) >= 11 is 0. The third-order valence-electron chi connectivity index (χ3n) is 3.57. The number of nitrogens with one attached hydrogen (secondary N) is 1. The van der Waals surface area contributed by atoms with E-state index in [-0.39, 0.29) is 5.41 Å². The molecule has 3 N–H and O–H groups in total. The van der Waals surface area contributed by atoms with Gasteiger partial charge in [-0.3, -0.25) is 4.99 Å². The van der Waals surface area contributed by atoms with E-state index < -0.39 is 0 Å². The van der Waals surface area contributed by atoms with Crippen molar-refractivity contribution in [3.63, 3.8) is 0 Å². The van der Waals surface area contributed by atoms with Crippen molar-refractivity contribution in [2.45, 2.75) is 20.3 Å². The van der Waals surface area contributed by atoms with Gasteiger partial charge >= 0.3 is 0 Å². The van der Waals surface area contributed by atoms with E-state index in [1.807, 2.05) is 30.3 Å². The molecule has 2 aromatic carbocycles. The fraction of sp³-hybridized carbons (Fsp3) is 0.316. The third-order valence-corrected chi connectivity index (χ3v) is 3.57. The van der Waals surface area contributed by atoms with E-state index in [9.17, 15) is 0 Å². The molecule has 0 spiro atoms. The molecule has 0 aliphatic heterocycles. The lowest BCUT2D eigenvalue weighted by molar-refractivity contribution is 0.378. The average Bonchev–Trinajstić information content (AvgIpc) is 2.54. The van der Waals surface area contributed by atoms with Gasteiger partial charge in [-0.1, -0.05) is 56.3 Å². The minimum atomic E-state index is 0.0361. The van der Waals surface area contributed by atoms with Gasteiger partial charge in [0.2, 0.25) is 0 Å². The highest BCUT2D eigenvalue weighted by Gasteiger charge is 2.18. The van der Waals surface area contributed by atoms with Gasteiger partial charge in [0.15, 0.2) is 5.96 Å². The number of nitrogens with zero attached hydrogens (tertiary/aromatic N) is 1. The molecule has 0 aromatic heterocycles. The molecular formula is C19H25N3O. The number of guanidine groups is 1. The molecule has 2 rings (SSSR count). The Morgan fingerprint density at radius 2 is 1.74 bits per heavy atom. The lowest BCUT2D eigenvalue weighted by atomic mass is 9.86. The first-order chi connectivity index (χ1) is 11.0. The molecule has 2 aromatic rings. The van der Waals surface area contributed by atoms with Crippen molar-refractivity contribution in [2.24, 2.45) is 16.1 Å². The summed E-state index contributed by atoms with van der Waals surface area (Å²) in [5, 5.41) is 3.10. The van der Waals surface area contributed by atoms with E-state index in [4.69, 9.17) is 10.5 Å². The van der Waals surface area contributed by atoms with E-state index in [1.165, 1.54) is 5.56 Å². The predicted octanol–water partition coefficient (Wildman–Crippen LogP) is 3.69. The summed E-state index contributed by atoms with van der Waals surface area (Å²) in [6, 6.07) is 18.1. The Labute approximate surface area is 138 Å². The van der Waals surface area contributed by atoms with Crippen LogP contribution in [-0.2, 0) is 6.42 Å². The molecule has 0 fully saturated rings. The molecule has 0 unspecified atom stereocenters. The second kappa shape index (κ2) is 7.68. The molecule has 0 saturated heterocycles. The monoisotopic (exact) mass is 311 g/mol. The zero-order chi connectivity index (χ0) is 16.7. The summed E-state index contributed by atoms with van der Waals surface area (Å²) in [6.07, 6.45) is 0.958. The quantitative estimate of drug-likeness (QED) is 0.632. The van der Waals surface area contributed by atoms with Crippen LogP contribution in [0.4, 0.5) is 5.69 Å². The first-order valence-corrected chi connectivity index (χ1v) is 7.74. The second-order valence-electron chi connectivity index (χ2n) is 6.35. The van der Waals surface area contributed by atoms with Crippen LogP contribution in [0.5, 0.6) is 5.75 Å². The third kappa shape index (κ3) is 5.33. The number of ether oxygens (including phenoxy) is 1. The van der Waals surface area contributed by atoms with Crippen LogP contribution in [0.3, 0.4) is 0 Å². The van der Waals surface area contributed by atoms with Crippen molar-refractivity contribution < 1.29 is 4.74 Å². The predicted molar refractivity (Wildman–Crippen MR) is 97.0 cm³/mol. The zero-order valence-electron chi connectivity index (χ0n) is 14.0. The van der Waals surface area contributed by atoms with Crippen LogP contribution in [0.25, 0.3) is 0 Å². The minimum Gasteiger partial charge on any atom is -0.495 e. The van der Waals surface area contributed by atoms with Crippen LogP contribution < -0.4 is 15.8 Å². The Bertz CT molecular complexity index is 651. The normalized spacial score (nSPS) is 12.0. The fourth-order valence-electron chi connectivity index (χ4n) is 2.43. The number of methoxy groups -OCH3 is 1. The van der Waals surface area contributed by atoms with E-state index in [0.29, 0.717) is 12.5 Å². The van der Waals surface area contributed by atoms with Crippen LogP contribution in [-0.4, -0.2) is 19.6 Å². The molecule has 0 aliphatic carbocycles. The number of para-hydroxylation sites is 2. The molecule has 4 heteroatoms. The summed E-state index contributed by atoms with van der Waals surface area (Å²) < 4.78 is 5.30. The van der Waals surface area contributed by atoms with E-state index in [1.54, 1.807) is 7.11 Å². The van der Waals surface area contributed by atoms with Crippen LogP contribution in [0, 0.1) is 5.41 Å².